The van der Waals surface area contributed by atoms with Crippen LogP contribution in [0.25, 0.3) is 0 Å². The molecule has 0 heterocycles. The zero-order valence-electron chi connectivity index (χ0n) is 16.2. The molecule has 0 aliphatic carbocycles. The summed E-state index contributed by atoms with van der Waals surface area (Å²) in [7, 11) is 1.68. The second kappa shape index (κ2) is 13.2. The van der Waals surface area contributed by atoms with Gasteiger partial charge in [0.25, 0.3) is 0 Å². The van der Waals surface area contributed by atoms with E-state index in [0.29, 0.717) is 38.6 Å². The van der Waals surface area contributed by atoms with Crippen LogP contribution in [0.5, 0.6) is 0 Å². The maximum atomic E-state index is 12.5. The fraction of sp³-hybridized carbons (Fsp3) is 0.895. The summed E-state index contributed by atoms with van der Waals surface area (Å²) in [5.74, 6) is -0.482. The minimum absolute atomic E-state index is 0.328. The first-order chi connectivity index (χ1) is 11.5. The zero-order chi connectivity index (χ0) is 18.4. The highest BCUT2D eigenvalue weighted by molar-refractivity contribution is 5.99. The molecular formula is C19H36O5. The number of unbranched alkanes of at least 4 members (excludes halogenated alkanes) is 2. The van der Waals surface area contributed by atoms with Gasteiger partial charge in [-0.25, -0.2) is 0 Å². The molecular weight excluding hydrogens is 308 g/mol. The smallest absolute Gasteiger partial charge is 0.323 e. The topological polar surface area (TPSA) is 61.8 Å². The Kier molecular flexibility index (Phi) is 12.6. The van der Waals surface area contributed by atoms with Gasteiger partial charge in [0.15, 0.2) is 5.41 Å². The van der Waals surface area contributed by atoms with Crippen molar-refractivity contribution < 1.29 is 23.8 Å². The highest BCUT2D eigenvalue weighted by Crippen LogP contribution is 2.30. The number of carbonyl (C=O) groups excluding carboxylic acids is 2. The zero-order valence-corrected chi connectivity index (χ0v) is 16.2. The summed E-state index contributed by atoms with van der Waals surface area (Å²) in [6, 6.07) is 0. The summed E-state index contributed by atoms with van der Waals surface area (Å²) in [5.41, 5.74) is -1.16. The Hall–Kier alpha value is -1.10. The normalized spacial score (nSPS) is 12.7. The van der Waals surface area contributed by atoms with Crippen LogP contribution in [-0.4, -0.2) is 38.9 Å². The Morgan fingerprint density at radius 1 is 0.875 bits per heavy atom. The van der Waals surface area contributed by atoms with Crippen molar-refractivity contribution in [2.75, 3.05) is 26.9 Å². The van der Waals surface area contributed by atoms with Gasteiger partial charge >= 0.3 is 11.9 Å². The van der Waals surface area contributed by atoms with Gasteiger partial charge in [-0.2, -0.15) is 0 Å². The van der Waals surface area contributed by atoms with Crippen molar-refractivity contribution in [3.8, 4) is 0 Å². The Bertz CT molecular complexity index is 350. The van der Waals surface area contributed by atoms with Gasteiger partial charge < -0.3 is 14.2 Å². The summed E-state index contributed by atoms with van der Waals surface area (Å²) in [4.78, 5) is 24.9. The Balaban J connectivity index is 4.49. The summed E-state index contributed by atoms with van der Waals surface area (Å²) in [5, 5.41) is 0. The van der Waals surface area contributed by atoms with Crippen molar-refractivity contribution in [3.63, 3.8) is 0 Å². The number of hydrogen-bond donors (Lipinski definition) is 0. The molecule has 0 radical (unpaired) electrons. The number of carbonyl (C=O) groups is 2. The molecule has 0 rings (SSSR count). The molecule has 1 unspecified atom stereocenters. The predicted octanol–water partition coefficient (Wildman–Crippen LogP) is 4.13. The molecule has 0 aromatic rings. The monoisotopic (exact) mass is 344 g/mol. The van der Waals surface area contributed by atoms with Crippen molar-refractivity contribution in [3.05, 3.63) is 0 Å². The average Bonchev–Trinajstić information content (AvgIpc) is 2.58. The first-order valence-corrected chi connectivity index (χ1v) is 9.31. The van der Waals surface area contributed by atoms with E-state index < -0.39 is 17.4 Å². The third-order valence-corrected chi connectivity index (χ3v) is 4.63. The molecule has 5 heteroatoms. The van der Waals surface area contributed by atoms with Gasteiger partial charge in [0.2, 0.25) is 0 Å². The SMILES string of the molecule is CCCCCOC(=O)C(CC)(CC)C(=O)OCCC(C)CCOC. The van der Waals surface area contributed by atoms with Gasteiger partial charge in [0.1, 0.15) is 0 Å². The van der Waals surface area contributed by atoms with Gasteiger partial charge in [0.05, 0.1) is 13.2 Å². The highest BCUT2D eigenvalue weighted by atomic mass is 16.6. The maximum Gasteiger partial charge on any atom is 0.323 e. The summed E-state index contributed by atoms with van der Waals surface area (Å²) < 4.78 is 15.8. The largest absolute Gasteiger partial charge is 0.465 e. The van der Waals surface area contributed by atoms with Crippen LogP contribution in [0.15, 0.2) is 0 Å². The molecule has 0 bridgehead atoms. The van der Waals surface area contributed by atoms with Gasteiger partial charge in [0, 0.05) is 13.7 Å². The van der Waals surface area contributed by atoms with Gasteiger partial charge in [-0.15, -0.1) is 0 Å². The lowest BCUT2D eigenvalue weighted by Crippen LogP contribution is -2.41. The number of esters is 2. The second-order valence-electron chi connectivity index (χ2n) is 6.44. The van der Waals surface area contributed by atoms with E-state index in [1.807, 2.05) is 13.8 Å². The van der Waals surface area contributed by atoms with Gasteiger partial charge in [-0.05, 0) is 38.0 Å². The van der Waals surface area contributed by atoms with Crippen LogP contribution in [0.3, 0.4) is 0 Å². The van der Waals surface area contributed by atoms with Crippen molar-refractivity contribution in [2.24, 2.45) is 11.3 Å². The quantitative estimate of drug-likeness (QED) is 0.269. The second-order valence-corrected chi connectivity index (χ2v) is 6.44. The molecule has 0 spiro atoms. The lowest BCUT2D eigenvalue weighted by Gasteiger charge is -2.27. The van der Waals surface area contributed by atoms with E-state index >= 15 is 0 Å². The number of methoxy groups -OCH3 is 1. The number of ether oxygens (including phenoxy) is 3. The number of rotatable bonds is 14. The van der Waals surface area contributed by atoms with Crippen LogP contribution in [-0.2, 0) is 23.8 Å². The van der Waals surface area contributed by atoms with Crippen LogP contribution in [0.1, 0.15) is 72.6 Å². The first kappa shape index (κ1) is 22.9. The molecule has 0 aliphatic heterocycles. The van der Waals surface area contributed by atoms with E-state index in [4.69, 9.17) is 14.2 Å². The molecule has 24 heavy (non-hydrogen) atoms. The van der Waals surface area contributed by atoms with Crippen LogP contribution >= 0.6 is 0 Å². The maximum absolute atomic E-state index is 12.5. The molecule has 0 fully saturated rings. The van der Waals surface area contributed by atoms with Crippen LogP contribution in [0.4, 0.5) is 0 Å². The van der Waals surface area contributed by atoms with Gasteiger partial charge in [-0.1, -0.05) is 40.5 Å². The number of hydrogen-bond acceptors (Lipinski definition) is 5. The Morgan fingerprint density at radius 2 is 1.42 bits per heavy atom. The third kappa shape index (κ3) is 7.65. The third-order valence-electron chi connectivity index (χ3n) is 4.63. The molecule has 5 nitrogen and oxygen atoms in total. The van der Waals surface area contributed by atoms with Crippen LogP contribution < -0.4 is 0 Å². The first-order valence-electron chi connectivity index (χ1n) is 9.31. The average molecular weight is 344 g/mol. The summed E-state index contributed by atoms with van der Waals surface area (Å²) in [6.45, 7) is 9.26. The summed E-state index contributed by atoms with van der Waals surface area (Å²) in [6.07, 6.45) is 5.40. The summed E-state index contributed by atoms with van der Waals surface area (Å²) >= 11 is 0. The molecule has 0 amide bonds. The van der Waals surface area contributed by atoms with E-state index in [1.54, 1.807) is 7.11 Å². The lowest BCUT2D eigenvalue weighted by atomic mass is 9.82. The van der Waals surface area contributed by atoms with E-state index in [0.717, 1.165) is 32.1 Å². The van der Waals surface area contributed by atoms with Crippen molar-refractivity contribution in [1.82, 2.24) is 0 Å². The lowest BCUT2D eigenvalue weighted by molar-refractivity contribution is -0.173. The van der Waals surface area contributed by atoms with E-state index in [9.17, 15) is 9.59 Å². The molecule has 0 N–H and O–H groups in total. The molecule has 0 saturated heterocycles. The molecule has 1 atom stereocenters. The van der Waals surface area contributed by atoms with E-state index in [-0.39, 0.29) is 0 Å². The fourth-order valence-corrected chi connectivity index (χ4v) is 2.52. The standard InChI is InChI=1S/C19H36O5/c1-6-9-10-13-23-17(20)19(7-2,8-3)18(21)24-15-12-16(4)11-14-22-5/h16H,6-15H2,1-5H3. The van der Waals surface area contributed by atoms with Crippen LogP contribution in [0.2, 0.25) is 0 Å². The van der Waals surface area contributed by atoms with Crippen molar-refractivity contribution in [1.29, 1.82) is 0 Å². The highest BCUT2D eigenvalue weighted by Gasteiger charge is 2.45. The molecule has 0 saturated carbocycles. The minimum Gasteiger partial charge on any atom is -0.465 e. The fourth-order valence-electron chi connectivity index (χ4n) is 2.52. The molecule has 0 aromatic carbocycles. The Labute approximate surface area is 147 Å². The molecule has 0 aliphatic rings. The van der Waals surface area contributed by atoms with Gasteiger partial charge in [-0.3, -0.25) is 9.59 Å². The van der Waals surface area contributed by atoms with Crippen molar-refractivity contribution in [2.45, 2.75) is 72.6 Å². The van der Waals surface area contributed by atoms with Crippen LogP contribution in [0, 0.1) is 11.3 Å². The predicted molar refractivity (Wildman–Crippen MR) is 94.7 cm³/mol. The minimum atomic E-state index is -1.16. The van der Waals surface area contributed by atoms with E-state index in [2.05, 4.69) is 13.8 Å². The molecule has 0 aromatic heterocycles. The van der Waals surface area contributed by atoms with E-state index in [1.165, 1.54) is 0 Å². The Morgan fingerprint density at radius 3 is 1.92 bits per heavy atom. The molecule has 142 valence electrons. The van der Waals surface area contributed by atoms with Crippen molar-refractivity contribution >= 4 is 11.9 Å².